The third-order valence-electron chi connectivity index (χ3n) is 2.87. The molecule has 1 N–H and O–H groups in total. The van der Waals surface area contributed by atoms with Gasteiger partial charge in [0.05, 0.1) is 0 Å². The number of rotatable bonds is 4. The van der Waals surface area contributed by atoms with E-state index < -0.39 is 0 Å². The lowest BCUT2D eigenvalue weighted by molar-refractivity contribution is 0.445. The number of benzene rings is 1. The van der Waals surface area contributed by atoms with Gasteiger partial charge in [0.1, 0.15) is 12.1 Å². The number of hydrogen-bond acceptors (Lipinski definition) is 5. The van der Waals surface area contributed by atoms with Gasteiger partial charge in [-0.2, -0.15) is 14.6 Å². The van der Waals surface area contributed by atoms with E-state index in [4.69, 9.17) is 4.74 Å². The molecule has 102 valence electrons. The molecule has 3 aromatic rings. The van der Waals surface area contributed by atoms with Crippen LogP contribution >= 0.6 is 0 Å². The Kier molecular flexibility index (Phi) is 3.30. The summed E-state index contributed by atoms with van der Waals surface area (Å²) in [7, 11) is 1.92. The van der Waals surface area contributed by atoms with E-state index in [2.05, 4.69) is 20.4 Å². The number of ether oxygens (including phenoxy) is 1. The molecule has 0 radical (unpaired) electrons. The summed E-state index contributed by atoms with van der Waals surface area (Å²) < 4.78 is 7.44. The van der Waals surface area contributed by atoms with E-state index >= 15 is 0 Å². The molecule has 0 saturated carbocycles. The van der Waals surface area contributed by atoms with Crippen LogP contribution in [-0.4, -0.2) is 26.6 Å². The number of nitrogens with one attached hydrogen (secondary N) is 1. The third-order valence-corrected chi connectivity index (χ3v) is 2.87. The standard InChI is InChI=1S/C14H15N5O/c1-10-7-13(19-14(18-10)16-9-17-19)20-12-5-3-11(4-6-12)8-15-2/h3-7,9,15H,8H2,1-2H3. The predicted octanol–water partition coefficient (Wildman–Crippen LogP) is 1.94. The summed E-state index contributed by atoms with van der Waals surface area (Å²) >= 11 is 0. The summed E-state index contributed by atoms with van der Waals surface area (Å²) in [6.45, 7) is 2.74. The zero-order valence-corrected chi connectivity index (χ0v) is 11.4. The predicted molar refractivity (Wildman–Crippen MR) is 74.8 cm³/mol. The molecule has 0 aliphatic rings. The Morgan fingerprint density at radius 1 is 1.25 bits per heavy atom. The topological polar surface area (TPSA) is 64.3 Å². The molecule has 6 heteroatoms. The fourth-order valence-electron chi connectivity index (χ4n) is 1.97. The summed E-state index contributed by atoms with van der Waals surface area (Å²) in [5.41, 5.74) is 2.05. The van der Waals surface area contributed by atoms with Crippen LogP contribution in [0.15, 0.2) is 36.7 Å². The summed E-state index contributed by atoms with van der Waals surface area (Å²) in [5, 5.41) is 7.22. The van der Waals surface area contributed by atoms with Gasteiger partial charge in [-0.25, -0.2) is 4.98 Å². The van der Waals surface area contributed by atoms with Gasteiger partial charge in [0.25, 0.3) is 5.78 Å². The number of fused-ring (bicyclic) bond motifs is 1. The Bertz CT molecular complexity index is 720. The minimum absolute atomic E-state index is 0.534. The third kappa shape index (κ3) is 2.46. The van der Waals surface area contributed by atoms with Gasteiger partial charge in [0.15, 0.2) is 0 Å². The Morgan fingerprint density at radius 2 is 2.05 bits per heavy atom. The molecule has 0 fully saturated rings. The lowest BCUT2D eigenvalue weighted by Gasteiger charge is -2.08. The van der Waals surface area contributed by atoms with Crippen molar-refractivity contribution in [2.24, 2.45) is 0 Å². The Balaban J connectivity index is 1.90. The molecular weight excluding hydrogens is 254 g/mol. The maximum Gasteiger partial charge on any atom is 0.255 e. The molecule has 0 saturated heterocycles. The van der Waals surface area contributed by atoms with Crippen LogP contribution in [0.3, 0.4) is 0 Å². The lowest BCUT2D eigenvalue weighted by Crippen LogP contribution is -2.04. The van der Waals surface area contributed by atoms with Gasteiger partial charge in [-0.3, -0.25) is 0 Å². The molecule has 0 unspecified atom stereocenters. The Morgan fingerprint density at radius 3 is 2.80 bits per heavy atom. The first kappa shape index (κ1) is 12.6. The van der Waals surface area contributed by atoms with Crippen molar-refractivity contribution in [2.45, 2.75) is 13.5 Å². The monoisotopic (exact) mass is 269 g/mol. The van der Waals surface area contributed by atoms with Crippen LogP contribution in [0, 0.1) is 6.92 Å². The van der Waals surface area contributed by atoms with Gasteiger partial charge in [0, 0.05) is 18.3 Å². The maximum atomic E-state index is 5.86. The lowest BCUT2D eigenvalue weighted by atomic mass is 10.2. The van der Waals surface area contributed by atoms with E-state index in [-0.39, 0.29) is 0 Å². The highest BCUT2D eigenvalue weighted by molar-refractivity contribution is 5.36. The second-order valence-corrected chi connectivity index (χ2v) is 4.48. The number of nitrogens with zero attached hydrogens (tertiary/aromatic N) is 4. The van der Waals surface area contributed by atoms with Gasteiger partial charge in [-0.05, 0) is 31.7 Å². The highest BCUT2D eigenvalue weighted by Gasteiger charge is 2.07. The van der Waals surface area contributed by atoms with Crippen LogP contribution in [0.2, 0.25) is 0 Å². The molecule has 6 nitrogen and oxygen atoms in total. The quantitative estimate of drug-likeness (QED) is 0.784. The van der Waals surface area contributed by atoms with Crippen LogP contribution in [0.25, 0.3) is 5.78 Å². The summed E-state index contributed by atoms with van der Waals surface area (Å²) in [5.74, 6) is 1.89. The van der Waals surface area contributed by atoms with Crippen molar-refractivity contribution >= 4 is 5.78 Å². The van der Waals surface area contributed by atoms with Gasteiger partial charge in [-0.1, -0.05) is 12.1 Å². The van der Waals surface area contributed by atoms with Gasteiger partial charge >= 0.3 is 0 Å². The molecule has 0 spiro atoms. The smallest absolute Gasteiger partial charge is 0.255 e. The molecular formula is C14H15N5O. The molecule has 3 rings (SSSR count). The van der Waals surface area contributed by atoms with Crippen molar-refractivity contribution in [3.8, 4) is 11.6 Å². The van der Waals surface area contributed by atoms with E-state index in [9.17, 15) is 0 Å². The second kappa shape index (κ2) is 5.26. The molecule has 0 aliphatic carbocycles. The average molecular weight is 269 g/mol. The molecule has 1 aromatic carbocycles. The average Bonchev–Trinajstić information content (AvgIpc) is 2.89. The first-order valence-corrected chi connectivity index (χ1v) is 6.35. The van der Waals surface area contributed by atoms with E-state index in [0.29, 0.717) is 11.7 Å². The minimum atomic E-state index is 0.534. The molecule has 20 heavy (non-hydrogen) atoms. The van der Waals surface area contributed by atoms with Crippen LogP contribution in [-0.2, 0) is 6.54 Å². The molecule has 2 aromatic heterocycles. The van der Waals surface area contributed by atoms with Gasteiger partial charge in [-0.15, -0.1) is 0 Å². The van der Waals surface area contributed by atoms with Crippen molar-refractivity contribution < 1.29 is 4.74 Å². The maximum absolute atomic E-state index is 5.86. The van der Waals surface area contributed by atoms with E-state index in [1.165, 1.54) is 11.9 Å². The van der Waals surface area contributed by atoms with Crippen molar-refractivity contribution in [1.82, 2.24) is 24.9 Å². The largest absolute Gasteiger partial charge is 0.439 e. The van der Waals surface area contributed by atoms with Crippen molar-refractivity contribution in [2.75, 3.05) is 7.05 Å². The number of aryl methyl sites for hydroxylation is 1. The van der Waals surface area contributed by atoms with Crippen molar-refractivity contribution in [3.63, 3.8) is 0 Å². The fourth-order valence-corrected chi connectivity index (χ4v) is 1.97. The fraction of sp³-hybridized carbons (Fsp3) is 0.214. The molecule has 0 atom stereocenters. The van der Waals surface area contributed by atoms with Gasteiger partial charge < -0.3 is 10.1 Å². The van der Waals surface area contributed by atoms with Crippen LogP contribution in [0.5, 0.6) is 11.6 Å². The first-order valence-electron chi connectivity index (χ1n) is 6.35. The summed E-state index contributed by atoms with van der Waals surface area (Å²) in [4.78, 5) is 8.35. The number of aromatic nitrogens is 4. The SMILES string of the molecule is CNCc1ccc(Oc2cc(C)nc3ncnn23)cc1. The zero-order valence-electron chi connectivity index (χ0n) is 11.4. The van der Waals surface area contributed by atoms with Crippen molar-refractivity contribution in [1.29, 1.82) is 0 Å². The van der Waals surface area contributed by atoms with E-state index in [1.54, 1.807) is 4.52 Å². The normalized spacial score (nSPS) is 10.9. The van der Waals surface area contributed by atoms with Crippen molar-refractivity contribution in [3.05, 3.63) is 47.9 Å². The zero-order chi connectivity index (χ0) is 13.9. The first-order chi connectivity index (χ1) is 9.76. The van der Waals surface area contributed by atoms with Gasteiger partial charge in [0.2, 0.25) is 5.88 Å². The minimum Gasteiger partial charge on any atom is -0.439 e. The second-order valence-electron chi connectivity index (χ2n) is 4.48. The van der Waals surface area contributed by atoms with Crippen LogP contribution in [0.4, 0.5) is 0 Å². The van der Waals surface area contributed by atoms with Crippen LogP contribution in [0.1, 0.15) is 11.3 Å². The number of hydrogen-bond donors (Lipinski definition) is 1. The molecule has 0 bridgehead atoms. The molecule has 0 aliphatic heterocycles. The highest BCUT2D eigenvalue weighted by Crippen LogP contribution is 2.22. The molecule has 2 heterocycles. The van der Waals surface area contributed by atoms with E-state index in [0.717, 1.165) is 18.0 Å². The van der Waals surface area contributed by atoms with E-state index in [1.807, 2.05) is 44.3 Å². The summed E-state index contributed by atoms with van der Waals surface area (Å²) in [6.07, 6.45) is 1.46. The Labute approximate surface area is 116 Å². The molecule has 0 amide bonds. The highest BCUT2D eigenvalue weighted by atomic mass is 16.5. The summed E-state index contributed by atoms with van der Waals surface area (Å²) in [6, 6.07) is 9.76. The van der Waals surface area contributed by atoms with Crippen LogP contribution < -0.4 is 10.1 Å². The Hall–Kier alpha value is -2.47.